The van der Waals surface area contributed by atoms with Crippen molar-refractivity contribution in [3.8, 4) is 0 Å². The van der Waals surface area contributed by atoms with Crippen LogP contribution in [0.3, 0.4) is 0 Å². The summed E-state index contributed by atoms with van der Waals surface area (Å²) in [4.78, 5) is 13.8. The van der Waals surface area contributed by atoms with E-state index in [1.807, 2.05) is 43.3 Å². The second-order valence-corrected chi connectivity index (χ2v) is 5.94. The summed E-state index contributed by atoms with van der Waals surface area (Å²) in [5, 5.41) is 9.71. The molecule has 0 bridgehead atoms. The molecule has 0 amide bonds. The zero-order chi connectivity index (χ0) is 14.8. The van der Waals surface area contributed by atoms with Crippen LogP contribution in [0.15, 0.2) is 24.3 Å². The summed E-state index contributed by atoms with van der Waals surface area (Å²) >= 11 is 0. The number of nitrogens with zero attached hydrogens (tertiary/aromatic N) is 1. The maximum absolute atomic E-state index is 11.8. The van der Waals surface area contributed by atoms with Crippen LogP contribution in [0.25, 0.3) is 0 Å². The Labute approximate surface area is 120 Å². The van der Waals surface area contributed by atoms with Crippen LogP contribution in [0.2, 0.25) is 0 Å². The van der Waals surface area contributed by atoms with Crippen molar-refractivity contribution in [1.82, 2.24) is 0 Å². The molecule has 20 heavy (non-hydrogen) atoms. The number of benzene rings is 1. The molecule has 0 aliphatic heterocycles. The first-order valence-corrected chi connectivity index (χ1v) is 7.22. The van der Waals surface area contributed by atoms with E-state index in [1.54, 1.807) is 0 Å². The highest BCUT2D eigenvalue weighted by molar-refractivity contribution is 5.76. The van der Waals surface area contributed by atoms with E-state index in [0.717, 1.165) is 36.9 Å². The van der Waals surface area contributed by atoms with E-state index in [1.165, 1.54) is 0 Å². The summed E-state index contributed by atoms with van der Waals surface area (Å²) in [5.41, 5.74) is 7.41. The van der Waals surface area contributed by atoms with Crippen molar-refractivity contribution < 1.29 is 9.90 Å². The van der Waals surface area contributed by atoms with Crippen molar-refractivity contribution in [2.24, 2.45) is 11.1 Å². The molecule has 1 fully saturated rings. The molecular formula is C16H24N2O2. The van der Waals surface area contributed by atoms with Crippen LogP contribution < -0.4 is 10.6 Å². The fourth-order valence-electron chi connectivity index (χ4n) is 3.40. The molecule has 2 rings (SSSR count). The van der Waals surface area contributed by atoms with Crippen molar-refractivity contribution in [1.29, 1.82) is 0 Å². The average molecular weight is 276 g/mol. The predicted octanol–water partition coefficient (Wildman–Crippen LogP) is 2.44. The van der Waals surface area contributed by atoms with E-state index in [4.69, 9.17) is 5.73 Å². The third kappa shape index (κ3) is 2.52. The first kappa shape index (κ1) is 14.9. The number of hydrogen-bond acceptors (Lipinski definition) is 3. The van der Waals surface area contributed by atoms with Crippen molar-refractivity contribution >= 4 is 11.7 Å². The van der Waals surface area contributed by atoms with Gasteiger partial charge in [-0.05, 0) is 30.5 Å². The highest BCUT2D eigenvalue weighted by Gasteiger charge is 2.47. The SMILES string of the molecule is CN(C)c1ccc([C@@H](CN)C2(C(=O)O)CCCC2)cc1. The van der Waals surface area contributed by atoms with Gasteiger partial charge in [0, 0.05) is 32.2 Å². The van der Waals surface area contributed by atoms with Crippen LogP contribution in [0, 0.1) is 5.41 Å². The van der Waals surface area contributed by atoms with E-state index >= 15 is 0 Å². The molecule has 3 N–H and O–H groups in total. The first-order valence-electron chi connectivity index (χ1n) is 7.22. The van der Waals surface area contributed by atoms with Crippen LogP contribution >= 0.6 is 0 Å². The molecule has 4 heteroatoms. The standard InChI is InChI=1S/C16H24N2O2/c1-18(2)13-7-5-12(6-8-13)14(11-17)16(15(19)20)9-3-4-10-16/h5-8,14H,3-4,9-11,17H2,1-2H3,(H,19,20)/t14-/m1/s1. The zero-order valence-electron chi connectivity index (χ0n) is 12.3. The van der Waals surface area contributed by atoms with Crippen LogP contribution in [0.5, 0.6) is 0 Å². The lowest BCUT2D eigenvalue weighted by molar-refractivity contribution is -0.150. The molecule has 1 aliphatic carbocycles. The topological polar surface area (TPSA) is 66.6 Å². The third-order valence-corrected chi connectivity index (χ3v) is 4.64. The Hall–Kier alpha value is -1.55. The summed E-state index contributed by atoms with van der Waals surface area (Å²) in [5.74, 6) is -0.791. The molecule has 0 unspecified atom stereocenters. The molecule has 1 atom stereocenters. The van der Waals surface area contributed by atoms with Gasteiger partial charge in [0.15, 0.2) is 0 Å². The van der Waals surface area contributed by atoms with Crippen LogP contribution in [0.4, 0.5) is 5.69 Å². The molecule has 1 saturated carbocycles. The summed E-state index contributed by atoms with van der Waals surface area (Å²) in [7, 11) is 3.98. The van der Waals surface area contributed by atoms with Gasteiger partial charge < -0.3 is 15.7 Å². The Bertz CT molecular complexity index is 462. The van der Waals surface area contributed by atoms with Crippen molar-refractivity contribution in [2.45, 2.75) is 31.6 Å². The molecule has 1 aromatic carbocycles. The van der Waals surface area contributed by atoms with E-state index in [2.05, 4.69) is 0 Å². The van der Waals surface area contributed by atoms with Gasteiger partial charge in [-0.3, -0.25) is 4.79 Å². The Morgan fingerprint density at radius 2 is 1.85 bits per heavy atom. The van der Waals surface area contributed by atoms with E-state index in [0.29, 0.717) is 6.54 Å². The van der Waals surface area contributed by atoms with Gasteiger partial charge in [0.1, 0.15) is 0 Å². The molecule has 0 heterocycles. The fraction of sp³-hybridized carbons (Fsp3) is 0.562. The Kier molecular flexibility index (Phi) is 4.33. The van der Waals surface area contributed by atoms with E-state index < -0.39 is 11.4 Å². The average Bonchev–Trinajstić information content (AvgIpc) is 2.91. The quantitative estimate of drug-likeness (QED) is 0.867. The van der Waals surface area contributed by atoms with Gasteiger partial charge in [-0.2, -0.15) is 0 Å². The van der Waals surface area contributed by atoms with Crippen LogP contribution in [0.1, 0.15) is 37.2 Å². The van der Waals surface area contributed by atoms with Gasteiger partial charge in [-0.15, -0.1) is 0 Å². The normalized spacial score (nSPS) is 18.8. The number of carboxylic acids is 1. The summed E-state index contributed by atoms with van der Waals surface area (Å²) < 4.78 is 0. The lowest BCUT2D eigenvalue weighted by Gasteiger charge is -2.33. The molecule has 4 nitrogen and oxygen atoms in total. The minimum absolute atomic E-state index is 0.0984. The lowest BCUT2D eigenvalue weighted by Crippen LogP contribution is -2.38. The Morgan fingerprint density at radius 1 is 1.30 bits per heavy atom. The number of nitrogens with two attached hydrogens (primary N) is 1. The second-order valence-electron chi connectivity index (χ2n) is 5.94. The fourth-order valence-corrected chi connectivity index (χ4v) is 3.40. The van der Waals surface area contributed by atoms with Gasteiger partial charge in [-0.25, -0.2) is 0 Å². The molecule has 0 saturated heterocycles. The van der Waals surface area contributed by atoms with Crippen LogP contribution in [-0.2, 0) is 4.79 Å². The monoisotopic (exact) mass is 276 g/mol. The summed E-state index contributed by atoms with van der Waals surface area (Å²) in [6, 6.07) is 8.11. The van der Waals surface area contributed by atoms with Gasteiger partial charge in [0.2, 0.25) is 0 Å². The van der Waals surface area contributed by atoms with E-state index in [9.17, 15) is 9.90 Å². The second kappa shape index (κ2) is 5.83. The van der Waals surface area contributed by atoms with Crippen LogP contribution in [-0.4, -0.2) is 31.7 Å². The largest absolute Gasteiger partial charge is 0.481 e. The number of carboxylic acid groups (broad SMARTS) is 1. The number of anilines is 1. The van der Waals surface area contributed by atoms with Gasteiger partial charge in [0.25, 0.3) is 0 Å². The van der Waals surface area contributed by atoms with Crippen molar-refractivity contribution in [3.63, 3.8) is 0 Å². The first-order chi connectivity index (χ1) is 9.51. The summed E-state index contributed by atoms with van der Waals surface area (Å²) in [6.45, 7) is 0.383. The molecule has 0 radical (unpaired) electrons. The zero-order valence-corrected chi connectivity index (χ0v) is 12.3. The maximum atomic E-state index is 11.8. The Balaban J connectivity index is 2.33. The molecular weight excluding hydrogens is 252 g/mol. The van der Waals surface area contributed by atoms with Crippen molar-refractivity contribution in [2.75, 3.05) is 25.5 Å². The predicted molar refractivity (Wildman–Crippen MR) is 81.1 cm³/mol. The summed E-state index contributed by atoms with van der Waals surface area (Å²) in [6.07, 6.45) is 3.44. The highest BCUT2D eigenvalue weighted by Crippen LogP contribution is 2.48. The molecule has 0 aromatic heterocycles. The Morgan fingerprint density at radius 3 is 2.25 bits per heavy atom. The lowest BCUT2D eigenvalue weighted by atomic mass is 9.70. The number of rotatable bonds is 5. The third-order valence-electron chi connectivity index (χ3n) is 4.64. The minimum atomic E-state index is -0.692. The highest BCUT2D eigenvalue weighted by atomic mass is 16.4. The molecule has 110 valence electrons. The van der Waals surface area contributed by atoms with Gasteiger partial charge in [0.05, 0.1) is 5.41 Å². The maximum Gasteiger partial charge on any atom is 0.310 e. The van der Waals surface area contributed by atoms with Crippen molar-refractivity contribution in [3.05, 3.63) is 29.8 Å². The number of hydrogen-bond donors (Lipinski definition) is 2. The number of carbonyl (C=O) groups is 1. The number of aliphatic carboxylic acids is 1. The molecule has 1 aromatic rings. The minimum Gasteiger partial charge on any atom is -0.481 e. The molecule has 0 spiro atoms. The van der Waals surface area contributed by atoms with E-state index in [-0.39, 0.29) is 5.92 Å². The molecule has 1 aliphatic rings. The van der Waals surface area contributed by atoms with Gasteiger partial charge in [-0.1, -0.05) is 25.0 Å². The van der Waals surface area contributed by atoms with Gasteiger partial charge >= 0.3 is 5.97 Å². The smallest absolute Gasteiger partial charge is 0.310 e.